The van der Waals surface area contributed by atoms with E-state index in [0.717, 1.165) is 17.5 Å². The standard InChI is InChI=1S/C16H10ClF2NO/c17-12-8-13(18)11(7-14(12)19)16(21)10-4-3-9-2-1-5-20-15(9)6-10/h1-8,16,21H. The van der Waals surface area contributed by atoms with Crippen LogP contribution < -0.4 is 0 Å². The monoisotopic (exact) mass is 305 g/mol. The van der Waals surface area contributed by atoms with Crippen LogP contribution in [0.1, 0.15) is 17.2 Å². The van der Waals surface area contributed by atoms with E-state index in [9.17, 15) is 13.9 Å². The van der Waals surface area contributed by atoms with Crippen LogP contribution in [0.4, 0.5) is 8.78 Å². The summed E-state index contributed by atoms with van der Waals surface area (Å²) in [5.41, 5.74) is 0.942. The Morgan fingerprint density at radius 2 is 1.86 bits per heavy atom. The van der Waals surface area contributed by atoms with Crippen LogP contribution in [0, 0.1) is 11.6 Å². The van der Waals surface area contributed by atoms with Gasteiger partial charge in [0.15, 0.2) is 0 Å². The molecule has 21 heavy (non-hydrogen) atoms. The molecule has 0 fully saturated rings. The van der Waals surface area contributed by atoms with Crippen molar-refractivity contribution >= 4 is 22.5 Å². The normalized spacial score (nSPS) is 12.6. The van der Waals surface area contributed by atoms with Crippen LogP contribution in [-0.2, 0) is 0 Å². The Kier molecular flexibility index (Phi) is 3.57. The Morgan fingerprint density at radius 3 is 2.67 bits per heavy atom. The number of hydrogen-bond donors (Lipinski definition) is 1. The topological polar surface area (TPSA) is 33.1 Å². The molecule has 1 heterocycles. The first kappa shape index (κ1) is 13.9. The van der Waals surface area contributed by atoms with Crippen LogP contribution in [0.15, 0.2) is 48.7 Å². The number of benzene rings is 2. The van der Waals surface area contributed by atoms with Crippen molar-refractivity contribution in [2.45, 2.75) is 6.10 Å². The van der Waals surface area contributed by atoms with E-state index in [1.165, 1.54) is 0 Å². The van der Waals surface area contributed by atoms with Gasteiger partial charge in [-0.1, -0.05) is 29.8 Å². The van der Waals surface area contributed by atoms with Gasteiger partial charge in [0.2, 0.25) is 0 Å². The second kappa shape index (κ2) is 5.39. The van der Waals surface area contributed by atoms with Crippen molar-refractivity contribution in [3.8, 4) is 0 Å². The Labute approximate surface area is 124 Å². The van der Waals surface area contributed by atoms with Gasteiger partial charge in [0.05, 0.1) is 10.5 Å². The molecule has 5 heteroatoms. The van der Waals surface area contributed by atoms with Crippen molar-refractivity contribution in [2.75, 3.05) is 0 Å². The predicted molar refractivity (Wildman–Crippen MR) is 77.2 cm³/mol. The zero-order chi connectivity index (χ0) is 15.0. The third kappa shape index (κ3) is 2.60. The first-order valence-corrected chi connectivity index (χ1v) is 6.61. The minimum atomic E-state index is -1.29. The highest BCUT2D eigenvalue weighted by molar-refractivity contribution is 6.30. The Hall–Kier alpha value is -2.04. The lowest BCUT2D eigenvalue weighted by Crippen LogP contribution is -2.04. The highest BCUT2D eigenvalue weighted by Crippen LogP contribution is 2.29. The number of fused-ring (bicyclic) bond motifs is 1. The van der Waals surface area contributed by atoms with Gasteiger partial charge in [-0.3, -0.25) is 4.98 Å². The molecule has 106 valence electrons. The van der Waals surface area contributed by atoms with E-state index in [-0.39, 0.29) is 10.6 Å². The summed E-state index contributed by atoms with van der Waals surface area (Å²) in [6.45, 7) is 0. The van der Waals surface area contributed by atoms with E-state index in [1.54, 1.807) is 30.5 Å². The number of aromatic nitrogens is 1. The Morgan fingerprint density at radius 1 is 1.05 bits per heavy atom. The number of aliphatic hydroxyl groups is 1. The summed E-state index contributed by atoms with van der Waals surface area (Å²) < 4.78 is 27.3. The third-order valence-electron chi connectivity index (χ3n) is 3.28. The zero-order valence-electron chi connectivity index (χ0n) is 10.7. The van der Waals surface area contributed by atoms with Gasteiger partial charge in [0.25, 0.3) is 0 Å². The first-order chi connectivity index (χ1) is 10.1. The summed E-state index contributed by atoms with van der Waals surface area (Å²) in [4.78, 5) is 4.17. The molecular weight excluding hydrogens is 296 g/mol. The molecule has 1 atom stereocenters. The number of hydrogen-bond acceptors (Lipinski definition) is 2. The van der Waals surface area contributed by atoms with E-state index in [1.807, 2.05) is 6.07 Å². The van der Waals surface area contributed by atoms with Gasteiger partial charge in [-0.15, -0.1) is 0 Å². The van der Waals surface area contributed by atoms with Gasteiger partial charge >= 0.3 is 0 Å². The molecule has 1 N–H and O–H groups in total. The number of halogens is 3. The van der Waals surface area contributed by atoms with Gasteiger partial charge in [-0.25, -0.2) is 8.78 Å². The SMILES string of the molecule is OC(c1ccc2cccnc2c1)c1cc(F)c(Cl)cc1F. The molecule has 3 aromatic rings. The van der Waals surface area contributed by atoms with Crippen LogP contribution in [0.25, 0.3) is 10.9 Å². The average molecular weight is 306 g/mol. The van der Waals surface area contributed by atoms with Crippen molar-refractivity contribution in [3.05, 3.63) is 76.4 Å². The molecule has 3 rings (SSSR count). The van der Waals surface area contributed by atoms with Crippen LogP contribution in [0.5, 0.6) is 0 Å². The summed E-state index contributed by atoms with van der Waals surface area (Å²) >= 11 is 5.51. The lowest BCUT2D eigenvalue weighted by molar-refractivity contribution is 0.214. The van der Waals surface area contributed by atoms with Crippen molar-refractivity contribution in [2.24, 2.45) is 0 Å². The second-order valence-electron chi connectivity index (χ2n) is 4.65. The van der Waals surface area contributed by atoms with E-state index < -0.39 is 17.7 Å². The molecule has 0 radical (unpaired) electrons. The van der Waals surface area contributed by atoms with E-state index >= 15 is 0 Å². The number of aliphatic hydroxyl groups excluding tert-OH is 1. The largest absolute Gasteiger partial charge is 0.384 e. The molecule has 0 saturated carbocycles. The molecule has 0 saturated heterocycles. The molecule has 2 aromatic carbocycles. The quantitative estimate of drug-likeness (QED) is 0.718. The summed E-state index contributed by atoms with van der Waals surface area (Å²) in [5.74, 6) is -1.53. The molecule has 1 aromatic heterocycles. The van der Waals surface area contributed by atoms with Gasteiger partial charge < -0.3 is 5.11 Å². The molecule has 0 aliphatic rings. The summed E-state index contributed by atoms with van der Waals surface area (Å²) in [5, 5.41) is 10.9. The first-order valence-electron chi connectivity index (χ1n) is 6.23. The average Bonchev–Trinajstić information content (AvgIpc) is 2.50. The van der Waals surface area contributed by atoms with Crippen LogP contribution >= 0.6 is 11.6 Å². The maximum atomic E-state index is 13.9. The maximum Gasteiger partial charge on any atom is 0.142 e. The van der Waals surface area contributed by atoms with Crippen LogP contribution in [-0.4, -0.2) is 10.1 Å². The smallest absolute Gasteiger partial charge is 0.142 e. The molecule has 0 aliphatic heterocycles. The van der Waals surface area contributed by atoms with Crippen molar-refractivity contribution in [1.29, 1.82) is 0 Å². The van der Waals surface area contributed by atoms with Crippen LogP contribution in [0.2, 0.25) is 5.02 Å². The zero-order valence-corrected chi connectivity index (χ0v) is 11.5. The summed E-state index contributed by atoms with van der Waals surface area (Å²) in [7, 11) is 0. The van der Waals surface area contributed by atoms with Crippen LogP contribution in [0.3, 0.4) is 0 Å². The third-order valence-corrected chi connectivity index (χ3v) is 3.57. The molecule has 1 unspecified atom stereocenters. The molecule has 0 aliphatic carbocycles. The Balaban J connectivity index is 2.07. The number of pyridine rings is 1. The summed E-state index contributed by atoms with van der Waals surface area (Å²) in [6, 6.07) is 10.5. The van der Waals surface area contributed by atoms with Gasteiger partial charge in [-0.2, -0.15) is 0 Å². The number of nitrogens with zero attached hydrogens (tertiary/aromatic N) is 1. The van der Waals surface area contributed by atoms with E-state index in [0.29, 0.717) is 11.1 Å². The minimum absolute atomic E-state index is 0.160. The fourth-order valence-corrected chi connectivity index (χ4v) is 2.33. The van der Waals surface area contributed by atoms with Crippen molar-refractivity contribution in [3.63, 3.8) is 0 Å². The van der Waals surface area contributed by atoms with E-state index in [4.69, 9.17) is 11.6 Å². The lowest BCUT2D eigenvalue weighted by atomic mass is 9.99. The minimum Gasteiger partial charge on any atom is -0.384 e. The predicted octanol–water partition coefficient (Wildman–Crippen LogP) is 4.25. The fourth-order valence-electron chi connectivity index (χ4n) is 2.18. The molecule has 2 nitrogen and oxygen atoms in total. The highest BCUT2D eigenvalue weighted by atomic mass is 35.5. The fraction of sp³-hybridized carbons (Fsp3) is 0.0625. The summed E-state index contributed by atoms with van der Waals surface area (Å²) in [6.07, 6.45) is 0.337. The lowest BCUT2D eigenvalue weighted by Gasteiger charge is -2.13. The maximum absolute atomic E-state index is 13.9. The molecule has 0 amide bonds. The second-order valence-corrected chi connectivity index (χ2v) is 5.05. The highest BCUT2D eigenvalue weighted by Gasteiger charge is 2.18. The van der Waals surface area contributed by atoms with Gasteiger partial charge in [0.1, 0.15) is 17.7 Å². The molecular formula is C16H10ClF2NO. The molecule has 0 bridgehead atoms. The van der Waals surface area contributed by atoms with Gasteiger partial charge in [-0.05, 0) is 29.8 Å². The molecule has 0 spiro atoms. The van der Waals surface area contributed by atoms with Crippen molar-refractivity contribution < 1.29 is 13.9 Å². The number of rotatable bonds is 2. The Bertz CT molecular complexity index is 822. The van der Waals surface area contributed by atoms with E-state index in [2.05, 4.69) is 4.98 Å². The van der Waals surface area contributed by atoms with Gasteiger partial charge in [0, 0.05) is 17.1 Å². The van der Waals surface area contributed by atoms with Crippen molar-refractivity contribution in [1.82, 2.24) is 4.98 Å².